The lowest BCUT2D eigenvalue weighted by molar-refractivity contribution is 0.410. The van der Waals surface area contributed by atoms with E-state index in [4.69, 9.17) is 16.6 Å². The molecule has 1 aromatic rings. The Labute approximate surface area is 114 Å². The molecule has 100 valence electrons. The van der Waals surface area contributed by atoms with Crippen molar-refractivity contribution in [1.29, 1.82) is 0 Å². The van der Waals surface area contributed by atoms with Crippen molar-refractivity contribution in [2.24, 2.45) is 0 Å². The molecule has 4 nitrogen and oxygen atoms in total. The second-order valence-corrected chi connectivity index (χ2v) is 5.32. The van der Waals surface area contributed by atoms with Crippen LogP contribution in [0.25, 0.3) is 0 Å². The molecule has 0 unspecified atom stereocenters. The Morgan fingerprint density at radius 2 is 2.06 bits per heavy atom. The van der Waals surface area contributed by atoms with Gasteiger partial charge < -0.3 is 15.1 Å². The molecule has 2 rings (SSSR count). The third-order valence-corrected chi connectivity index (χ3v) is 3.68. The number of nitrogens with zero attached hydrogens (tertiary/aromatic N) is 1. The van der Waals surface area contributed by atoms with Gasteiger partial charge in [0, 0.05) is 6.04 Å². The average Bonchev–Trinajstić information content (AvgIpc) is 2.68. The Kier molecular flexibility index (Phi) is 4.58. The molecule has 1 heterocycles. The Bertz CT molecular complexity index is 391. The largest absolute Gasteiger partial charge is 0.444 e. The molecule has 0 aromatic carbocycles. The molecule has 0 radical (unpaired) electrons. The van der Waals surface area contributed by atoms with Crippen LogP contribution in [0.4, 0.5) is 0 Å². The van der Waals surface area contributed by atoms with Gasteiger partial charge in [-0.1, -0.05) is 19.3 Å². The minimum Gasteiger partial charge on any atom is -0.444 e. The van der Waals surface area contributed by atoms with Crippen LogP contribution in [0.1, 0.15) is 49.4 Å². The Balaban J connectivity index is 1.74. The summed E-state index contributed by atoms with van der Waals surface area (Å²) < 4.78 is 5.49. The zero-order valence-electron chi connectivity index (χ0n) is 11.1. The molecule has 5 heteroatoms. The second kappa shape index (κ2) is 6.18. The van der Waals surface area contributed by atoms with Crippen molar-refractivity contribution in [3.05, 3.63) is 17.3 Å². The first-order valence-corrected chi connectivity index (χ1v) is 7.03. The van der Waals surface area contributed by atoms with Crippen LogP contribution in [0, 0.1) is 13.8 Å². The molecule has 0 amide bonds. The highest BCUT2D eigenvalue weighted by molar-refractivity contribution is 7.80. The van der Waals surface area contributed by atoms with Crippen molar-refractivity contribution in [3.8, 4) is 0 Å². The SMILES string of the molecule is Cc1nc(CNC(=S)NC2CCCCC2)oc1C. The van der Waals surface area contributed by atoms with Crippen LogP contribution < -0.4 is 10.6 Å². The molecule has 0 aliphatic heterocycles. The van der Waals surface area contributed by atoms with Crippen molar-refractivity contribution in [2.45, 2.75) is 58.5 Å². The normalized spacial score (nSPS) is 16.6. The number of oxazole rings is 1. The van der Waals surface area contributed by atoms with Gasteiger partial charge in [0.2, 0.25) is 5.89 Å². The van der Waals surface area contributed by atoms with Crippen LogP contribution in [-0.4, -0.2) is 16.1 Å². The van der Waals surface area contributed by atoms with Gasteiger partial charge in [-0.25, -0.2) is 4.98 Å². The summed E-state index contributed by atoms with van der Waals surface area (Å²) in [4.78, 5) is 4.31. The number of aromatic nitrogens is 1. The van der Waals surface area contributed by atoms with E-state index in [0.29, 0.717) is 23.6 Å². The molecular formula is C13H21N3OS. The van der Waals surface area contributed by atoms with Crippen LogP contribution in [-0.2, 0) is 6.54 Å². The number of nitrogens with one attached hydrogen (secondary N) is 2. The number of hydrogen-bond donors (Lipinski definition) is 2. The summed E-state index contributed by atoms with van der Waals surface area (Å²) in [5.41, 5.74) is 0.943. The van der Waals surface area contributed by atoms with Crippen LogP contribution >= 0.6 is 12.2 Å². The second-order valence-electron chi connectivity index (χ2n) is 4.91. The van der Waals surface area contributed by atoms with Gasteiger partial charge in [-0.05, 0) is 38.9 Å². The topological polar surface area (TPSA) is 50.1 Å². The molecule has 1 aromatic heterocycles. The van der Waals surface area contributed by atoms with Crippen molar-refractivity contribution in [1.82, 2.24) is 15.6 Å². The molecule has 18 heavy (non-hydrogen) atoms. The van der Waals surface area contributed by atoms with Crippen molar-refractivity contribution in [2.75, 3.05) is 0 Å². The van der Waals surface area contributed by atoms with Crippen LogP contribution in [0.5, 0.6) is 0 Å². The third kappa shape index (κ3) is 3.70. The van der Waals surface area contributed by atoms with Gasteiger partial charge in [0.05, 0.1) is 12.2 Å². The van der Waals surface area contributed by atoms with Crippen molar-refractivity contribution >= 4 is 17.3 Å². The van der Waals surface area contributed by atoms with E-state index in [-0.39, 0.29) is 0 Å². The summed E-state index contributed by atoms with van der Waals surface area (Å²) in [5, 5.41) is 7.22. The van der Waals surface area contributed by atoms with E-state index < -0.39 is 0 Å². The lowest BCUT2D eigenvalue weighted by atomic mass is 9.96. The highest BCUT2D eigenvalue weighted by Crippen LogP contribution is 2.17. The van der Waals surface area contributed by atoms with E-state index in [1.165, 1.54) is 32.1 Å². The maximum absolute atomic E-state index is 5.49. The summed E-state index contributed by atoms with van der Waals surface area (Å²) in [7, 11) is 0. The van der Waals surface area contributed by atoms with Gasteiger partial charge in [0.25, 0.3) is 0 Å². The predicted octanol–water partition coefficient (Wildman–Crippen LogP) is 2.59. The fourth-order valence-electron chi connectivity index (χ4n) is 2.25. The zero-order chi connectivity index (χ0) is 13.0. The number of rotatable bonds is 3. The molecule has 0 spiro atoms. The average molecular weight is 267 g/mol. The first kappa shape index (κ1) is 13.3. The standard InChI is InChI=1S/C13H21N3OS/c1-9-10(2)17-12(15-9)8-14-13(18)16-11-6-4-3-5-7-11/h11H,3-8H2,1-2H3,(H2,14,16,18). The van der Waals surface area contributed by atoms with Crippen molar-refractivity contribution < 1.29 is 4.42 Å². The number of hydrogen-bond acceptors (Lipinski definition) is 3. The fourth-order valence-corrected chi connectivity index (χ4v) is 2.49. The maximum atomic E-state index is 5.49. The number of thiocarbonyl (C=S) groups is 1. The molecule has 1 saturated carbocycles. The van der Waals surface area contributed by atoms with Gasteiger partial charge in [-0.2, -0.15) is 0 Å². The van der Waals surface area contributed by atoms with Gasteiger partial charge in [0.15, 0.2) is 5.11 Å². The van der Waals surface area contributed by atoms with Gasteiger partial charge in [-0.3, -0.25) is 0 Å². The smallest absolute Gasteiger partial charge is 0.214 e. The Hall–Kier alpha value is -1.10. The molecule has 1 aliphatic rings. The van der Waals surface area contributed by atoms with E-state index in [1.54, 1.807) is 0 Å². The van der Waals surface area contributed by atoms with E-state index in [9.17, 15) is 0 Å². The van der Waals surface area contributed by atoms with E-state index in [2.05, 4.69) is 15.6 Å². The summed E-state index contributed by atoms with van der Waals surface area (Å²) in [6.07, 6.45) is 6.40. The van der Waals surface area contributed by atoms with Crippen LogP contribution in [0.2, 0.25) is 0 Å². The number of aryl methyl sites for hydroxylation is 2. The van der Waals surface area contributed by atoms with E-state index in [0.717, 1.165) is 11.5 Å². The minimum absolute atomic E-state index is 0.534. The molecule has 1 aliphatic carbocycles. The third-order valence-electron chi connectivity index (χ3n) is 3.41. The van der Waals surface area contributed by atoms with Crippen molar-refractivity contribution in [3.63, 3.8) is 0 Å². The van der Waals surface area contributed by atoms with Gasteiger partial charge in [-0.15, -0.1) is 0 Å². The molecule has 1 fully saturated rings. The molecule has 0 bridgehead atoms. The first-order chi connectivity index (χ1) is 8.65. The lowest BCUT2D eigenvalue weighted by Crippen LogP contribution is -2.42. The highest BCUT2D eigenvalue weighted by atomic mass is 32.1. The maximum Gasteiger partial charge on any atom is 0.214 e. The quantitative estimate of drug-likeness (QED) is 0.824. The lowest BCUT2D eigenvalue weighted by Gasteiger charge is -2.24. The van der Waals surface area contributed by atoms with E-state index >= 15 is 0 Å². The van der Waals surface area contributed by atoms with Gasteiger partial charge >= 0.3 is 0 Å². The molecule has 0 saturated heterocycles. The zero-order valence-corrected chi connectivity index (χ0v) is 11.9. The first-order valence-electron chi connectivity index (χ1n) is 6.62. The Morgan fingerprint density at radius 1 is 1.33 bits per heavy atom. The van der Waals surface area contributed by atoms with E-state index in [1.807, 2.05) is 13.8 Å². The summed E-state index contributed by atoms with van der Waals surface area (Å²) in [5.74, 6) is 1.57. The summed E-state index contributed by atoms with van der Waals surface area (Å²) >= 11 is 5.28. The predicted molar refractivity (Wildman–Crippen MR) is 75.4 cm³/mol. The monoisotopic (exact) mass is 267 g/mol. The van der Waals surface area contributed by atoms with Crippen LogP contribution in [0.3, 0.4) is 0 Å². The molecule has 2 N–H and O–H groups in total. The highest BCUT2D eigenvalue weighted by Gasteiger charge is 2.14. The van der Waals surface area contributed by atoms with Crippen LogP contribution in [0.15, 0.2) is 4.42 Å². The molecule has 0 atom stereocenters. The summed E-state index contributed by atoms with van der Waals surface area (Å²) in [6.45, 7) is 4.42. The molecular weight excluding hydrogens is 246 g/mol. The Morgan fingerprint density at radius 3 is 2.67 bits per heavy atom. The van der Waals surface area contributed by atoms with Gasteiger partial charge in [0.1, 0.15) is 5.76 Å². The summed E-state index contributed by atoms with van der Waals surface area (Å²) in [6, 6.07) is 0.534. The minimum atomic E-state index is 0.534. The fraction of sp³-hybridized carbons (Fsp3) is 0.692.